The highest BCUT2D eigenvalue weighted by Crippen LogP contribution is 2.11. The standard InChI is InChI=1S/C22H37N7O6S/c1-4-12(2)18(29-19(31)14(23)5-6-17(24)30)21(33)28-16(9-13-10-25-11-26-13)20(32)27-15(22(34)35)7-8-36-3/h10-12,14-16,18H,4-9,23H2,1-3H3,(H2,24,30)(H,25,26)(H,27,32)(H,28,33)(H,29,31)(H,34,35). The second-order valence-electron chi connectivity index (χ2n) is 8.51. The number of carboxylic acids is 1. The summed E-state index contributed by atoms with van der Waals surface area (Å²) in [7, 11) is 0. The number of primary amides is 1. The van der Waals surface area contributed by atoms with Crippen molar-refractivity contribution in [1.29, 1.82) is 0 Å². The fourth-order valence-corrected chi connectivity index (χ4v) is 3.71. The molecule has 0 fully saturated rings. The van der Waals surface area contributed by atoms with E-state index in [-0.39, 0.29) is 31.6 Å². The molecule has 5 atom stereocenters. The molecule has 1 rings (SSSR count). The maximum absolute atomic E-state index is 13.2. The number of aromatic amines is 1. The van der Waals surface area contributed by atoms with Gasteiger partial charge >= 0.3 is 5.97 Å². The Morgan fingerprint density at radius 3 is 2.28 bits per heavy atom. The molecule has 1 aromatic rings. The number of amides is 4. The van der Waals surface area contributed by atoms with Gasteiger partial charge in [-0.05, 0) is 30.8 Å². The lowest BCUT2D eigenvalue weighted by molar-refractivity contribution is -0.142. The van der Waals surface area contributed by atoms with Crippen molar-refractivity contribution in [1.82, 2.24) is 25.9 Å². The van der Waals surface area contributed by atoms with Crippen molar-refractivity contribution in [2.75, 3.05) is 12.0 Å². The Morgan fingerprint density at radius 2 is 1.75 bits per heavy atom. The number of carbonyl (C=O) groups excluding carboxylic acids is 4. The van der Waals surface area contributed by atoms with E-state index in [2.05, 4.69) is 25.9 Å². The molecule has 0 radical (unpaired) electrons. The average Bonchev–Trinajstić information content (AvgIpc) is 3.35. The van der Waals surface area contributed by atoms with Crippen molar-refractivity contribution >= 4 is 41.4 Å². The summed E-state index contributed by atoms with van der Waals surface area (Å²) in [5.74, 6) is -3.52. The summed E-state index contributed by atoms with van der Waals surface area (Å²) in [4.78, 5) is 68.2. The van der Waals surface area contributed by atoms with Crippen LogP contribution < -0.4 is 27.4 Å². The van der Waals surface area contributed by atoms with Gasteiger partial charge in [0.25, 0.3) is 0 Å². The maximum Gasteiger partial charge on any atom is 0.326 e. The number of nitrogens with zero attached hydrogens (tertiary/aromatic N) is 1. The van der Waals surface area contributed by atoms with Gasteiger partial charge in [0.15, 0.2) is 0 Å². The Balaban J connectivity index is 3.04. The number of aromatic nitrogens is 2. The molecule has 0 saturated carbocycles. The number of hydrogen-bond donors (Lipinski definition) is 7. The van der Waals surface area contributed by atoms with Crippen LogP contribution in [0.1, 0.15) is 45.2 Å². The van der Waals surface area contributed by atoms with Gasteiger partial charge in [-0.2, -0.15) is 11.8 Å². The zero-order valence-corrected chi connectivity index (χ0v) is 21.6. The summed E-state index contributed by atoms with van der Waals surface area (Å²) in [5.41, 5.74) is 11.5. The van der Waals surface area contributed by atoms with Crippen LogP contribution in [0.15, 0.2) is 12.5 Å². The Kier molecular flexibility index (Phi) is 13.5. The zero-order chi connectivity index (χ0) is 27.3. The number of carbonyl (C=O) groups is 5. The molecule has 0 aliphatic rings. The first-order chi connectivity index (χ1) is 17.0. The van der Waals surface area contributed by atoms with E-state index in [0.717, 1.165) is 0 Å². The molecule has 0 spiro atoms. The number of nitrogens with two attached hydrogens (primary N) is 2. The summed E-state index contributed by atoms with van der Waals surface area (Å²) in [6.07, 6.45) is 5.43. The van der Waals surface area contributed by atoms with Crippen LogP contribution in [-0.4, -0.2) is 80.8 Å². The number of hydrogen-bond acceptors (Lipinski definition) is 8. The molecular weight excluding hydrogens is 490 g/mol. The third kappa shape index (κ3) is 10.6. The highest BCUT2D eigenvalue weighted by molar-refractivity contribution is 7.98. The van der Waals surface area contributed by atoms with Gasteiger partial charge in [-0.3, -0.25) is 19.2 Å². The molecule has 4 amide bonds. The molecular formula is C22H37N7O6S. The van der Waals surface area contributed by atoms with Crippen molar-refractivity contribution in [2.45, 2.75) is 70.1 Å². The summed E-state index contributed by atoms with van der Waals surface area (Å²) < 4.78 is 0. The summed E-state index contributed by atoms with van der Waals surface area (Å²) in [6, 6.07) is -4.33. The molecule has 0 aliphatic heterocycles. The van der Waals surface area contributed by atoms with Crippen LogP contribution in [0.5, 0.6) is 0 Å². The normalized spacial score (nSPS) is 15.1. The minimum atomic E-state index is -1.18. The van der Waals surface area contributed by atoms with E-state index < -0.39 is 53.8 Å². The molecule has 9 N–H and O–H groups in total. The number of carboxylic acid groups (broad SMARTS) is 1. The van der Waals surface area contributed by atoms with Crippen molar-refractivity contribution in [3.05, 3.63) is 18.2 Å². The smallest absolute Gasteiger partial charge is 0.326 e. The Morgan fingerprint density at radius 1 is 1.08 bits per heavy atom. The number of H-pyrrole nitrogens is 1. The maximum atomic E-state index is 13.2. The van der Waals surface area contributed by atoms with Crippen molar-refractivity contribution in [3.63, 3.8) is 0 Å². The fourth-order valence-electron chi connectivity index (χ4n) is 3.24. The summed E-state index contributed by atoms with van der Waals surface area (Å²) >= 11 is 1.45. The SMILES string of the molecule is CCC(C)C(NC(=O)C(N)CCC(N)=O)C(=O)NC(Cc1cnc[nH]1)C(=O)NC(CCSC)C(=O)O. The Hall–Kier alpha value is -3.13. The number of imidazole rings is 1. The van der Waals surface area contributed by atoms with Crippen LogP contribution in [0, 0.1) is 5.92 Å². The predicted molar refractivity (Wildman–Crippen MR) is 135 cm³/mol. The van der Waals surface area contributed by atoms with Crippen LogP contribution in [0.4, 0.5) is 0 Å². The molecule has 1 aromatic heterocycles. The van der Waals surface area contributed by atoms with E-state index in [1.54, 1.807) is 6.92 Å². The molecule has 5 unspecified atom stereocenters. The molecule has 14 heteroatoms. The quantitative estimate of drug-likeness (QED) is 0.130. The van der Waals surface area contributed by atoms with E-state index in [9.17, 15) is 29.1 Å². The lowest BCUT2D eigenvalue weighted by Crippen LogP contribution is -2.59. The molecule has 202 valence electrons. The summed E-state index contributed by atoms with van der Waals surface area (Å²) in [5, 5.41) is 17.2. The van der Waals surface area contributed by atoms with Gasteiger partial charge < -0.3 is 37.5 Å². The molecule has 36 heavy (non-hydrogen) atoms. The first-order valence-corrected chi connectivity index (χ1v) is 13.0. The van der Waals surface area contributed by atoms with Gasteiger partial charge in [0, 0.05) is 24.7 Å². The average molecular weight is 528 g/mol. The van der Waals surface area contributed by atoms with E-state index in [0.29, 0.717) is 17.9 Å². The number of aliphatic carboxylic acids is 1. The summed E-state index contributed by atoms with van der Waals surface area (Å²) in [6.45, 7) is 3.59. The molecule has 13 nitrogen and oxygen atoms in total. The van der Waals surface area contributed by atoms with Gasteiger partial charge in [0.05, 0.1) is 12.4 Å². The topological polar surface area (TPSA) is 222 Å². The van der Waals surface area contributed by atoms with Crippen LogP contribution in [0.2, 0.25) is 0 Å². The molecule has 0 saturated heterocycles. The number of rotatable bonds is 17. The van der Waals surface area contributed by atoms with Crippen LogP contribution in [0.3, 0.4) is 0 Å². The van der Waals surface area contributed by atoms with E-state index in [1.165, 1.54) is 24.3 Å². The van der Waals surface area contributed by atoms with Crippen LogP contribution in [-0.2, 0) is 30.4 Å². The predicted octanol–water partition coefficient (Wildman–Crippen LogP) is -1.12. The van der Waals surface area contributed by atoms with Crippen molar-refractivity contribution in [3.8, 4) is 0 Å². The van der Waals surface area contributed by atoms with Crippen LogP contribution >= 0.6 is 11.8 Å². The minimum Gasteiger partial charge on any atom is -0.480 e. The first kappa shape index (κ1) is 30.9. The van der Waals surface area contributed by atoms with E-state index >= 15 is 0 Å². The van der Waals surface area contributed by atoms with Crippen LogP contribution in [0.25, 0.3) is 0 Å². The second-order valence-corrected chi connectivity index (χ2v) is 9.49. The van der Waals surface area contributed by atoms with E-state index in [4.69, 9.17) is 11.5 Å². The largest absolute Gasteiger partial charge is 0.480 e. The zero-order valence-electron chi connectivity index (χ0n) is 20.8. The van der Waals surface area contributed by atoms with Gasteiger partial charge in [0.2, 0.25) is 23.6 Å². The monoisotopic (exact) mass is 527 g/mol. The van der Waals surface area contributed by atoms with Gasteiger partial charge in [0.1, 0.15) is 18.1 Å². The number of nitrogens with one attached hydrogen (secondary N) is 4. The minimum absolute atomic E-state index is 0.0196. The molecule has 1 heterocycles. The Labute approximate surface area is 214 Å². The third-order valence-electron chi connectivity index (χ3n) is 5.67. The Bertz CT molecular complexity index is 882. The molecule has 0 aliphatic carbocycles. The second kappa shape index (κ2) is 15.8. The van der Waals surface area contributed by atoms with Crippen molar-refractivity contribution < 1.29 is 29.1 Å². The molecule has 0 bridgehead atoms. The highest BCUT2D eigenvalue weighted by Gasteiger charge is 2.32. The lowest BCUT2D eigenvalue weighted by Gasteiger charge is -2.28. The van der Waals surface area contributed by atoms with Gasteiger partial charge in [-0.15, -0.1) is 0 Å². The lowest BCUT2D eigenvalue weighted by atomic mass is 9.96. The number of thioether (sulfide) groups is 1. The van der Waals surface area contributed by atoms with Gasteiger partial charge in [-0.1, -0.05) is 20.3 Å². The highest BCUT2D eigenvalue weighted by atomic mass is 32.2. The molecule has 0 aromatic carbocycles. The van der Waals surface area contributed by atoms with Gasteiger partial charge in [-0.25, -0.2) is 9.78 Å². The fraction of sp³-hybridized carbons (Fsp3) is 0.636. The van der Waals surface area contributed by atoms with Crippen molar-refractivity contribution in [2.24, 2.45) is 17.4 Å². The third-order valence-corrected chi connectivity index (χ3v) is 6.31. The van der Waals surface area contributed by atoms with E-state index in [1.807, 2.05) is 13.2 Å². The first-order valence-electron chi connectivity index (χ1n) is 11.6.